The lowest BCUT2D eigenvalue weighted by Crippen LogP contribution is -2.01. The van der Waals surface area contributed by atoms with Gasteiger partial charge >= 0.3 is 0 Å². The molecule has 9 heteroatoms. The third-order valence-corrected chi connectivity index (χ3v) is 3.93. The number of aryl methyl sites for hydroxylation is 1. The van der Waals surface area contributed by atoms with E-state index in [0.29, 0.717) is 35.0 Å². The molecule has 2 aromatic heterocycles. The second kappa shape index (κ2) is 7.47. The summed E-state index contributed by atoms with van der Waals surface area (Å²) in [5, 5.41) is 13.2. The monoisotopic (exact) mass is 351 g/mol. The molecule has 0 fully saturated rings. The Bertz CT molecular complexity index is 762. The average Bonchev–Trinajstić information content (AvgIpc) is 3.18. The van der Waals surface area contributed by atoms with Crippen molar-refractivity contribution in [1.29, 1.82) is 0 Å². The highest BCUT2D eigenvalue weighted by Gasteiger charge is 2.08. The largest absolute Gasteiger partial charge is 0.492 e. The third kappa shape index (κ3) is 4.46. The molecule has 0 amide bonds. The summed E-state index contributed by atoms with van der Waals surface area (Å²) in [6.45, 7) is 2.91. The van der Waals surface area contributed by atoms with Crippen LogP contribution >= 0.6 is 23.4 Å². The number of nitrogens with zero attached hydrogens (tertiary/aromatic N) is 5. The third-order valence-electron chi connectivity index (χ3n) is 2.92. The van der Waals surface area contributed by atoms with Gasteiger partial charge in [0.2, 0.25) is 5.89 Å². The van der Waals surface area contributed by atoms with Crippen LogP contribution in [-0.4, -0.2) is 37.3 Å². The van der Waals surface area contributed by atoms with Gasteiger partial charge in [0.15, 0.2) is 0 Å². The molecule has 7 nitrogen and oxygen atoms in total. The zero-order chi connectivity index (χ0) is 16.1. The van der Waals surface area contributed by atoms with Crippen LogP contribution in [0.4, 0.5) is 0 Å². The number of hydrogen-bond donors (Lipinski definition) is 0. The van der Waals surface area contributed by atoms with E-state index >= 15 is 0 Å². The van der Waals surface area contributed by atoms with Crippen molar-refractivity contribution < 1.29 is 9.15 Å². The first-order chi connectivity index (χ1) is 11.2. The number of thioether (sulfide) groups is 1. The number of rotatable bonds is 7. The molecule has 23 heavy (non-hydrogen) atoms. The quantitative estimate of drug-likeness (QED) is 0.478. The van der Waals surface area contributed by atoms with Crippen LogP contribution in [-0.2, 0) is 6.54 Å². The first kappa shape index (κ1) is 15.8. The highest BCUT2D eigenvalue weighted by atomic mass is 35.5. The summed E-state index contributed by atoms with van der Waals surface area (Å²) in [6, 6.07) is 5.55. The molecule has 3 rings (SSSR count). The molecule has 0 aliphatic rings. The molecule has 1 aromatic carbocycles. The number of hydrogen-bond acceptors (Lipinski definition) is 7. The second-order valence-electron chi connectivity index (χ2n) is 4.66. The van der Waals surface area contributed by atoms with E-state index in [9.17, 15) is 0 Å². The van der Waals surface area contributed by atoms with E-state index in [4.69, 9.17) is 20.8 Å². The van der Waals surface area contributed by atoms with Crippen molar-refractivity contribution in [2.24, 2.45) is 0 Å². The van der Waals surface area contributed by atoms with Crippen LogP contribution in [0, 0.1) is 6.92 Å². The average molecular weight is 352 g/mol. The fourth-order valence-corrected chi connectivity index (χ4v) is 2.69. The maximum absolute atomic E-state index is 5.91. The van der Waals surface area contributed by atoms with E-state index in [1.54, 1.807) is 11.0 Å². The highest BCUT2D eigenvalue weighted by Crippen LogP contribution is 2.22. The smallest absolute Gasteiger partial charge is 0.276 e. The standard InChI is InChI=1S/C14H14ClN5O2S/c1-10-6-11(15)2-3-12(10)21-4-5-23-14-19-18-13(22-14)7-20-9-16-8-17-20/h2-3,6,8-9H,4-5,7H2,1H3. The van der Waals surface area contributed by atoms with Crippen molar-refractivity contribution in [2.45, 2.75) is 18.7 Å². The lowest BCUT2D eigenvalue weighted by molar-refractivity contribution is 0.340. The van der Waals surface area contributed by atoms with Crippen LogP contribution in [0.15, 0.2) is 40.5 Å². The van der Waals surface area contributed by atoms with Gasteiger partial charge in [-0.1, -0.05) is 23.4 Å². The van der Waals surface area contributed by atoms with E-state index in [1.807, 2.05) is 25.1 Å². The van der Waals surface area contributed by atoms with Gasteiger partial charge in [0.1, 0.15) is 24.9 Å². The summed E-state index contributed by atoms with van der Waals surface area (Å²) < 4.78 is 12.9. The normalized spacial score (nSPS) is 10.9. The molecule has 0 N–H and O–H groups in total. The lowest BCUT2D eigenvalue weighted by atomic mass is 10.2. The Balaban J connectivity index is 1.45. The molecule has 0 aliphatic carbocycles. The Morgan fingerprint density at radius 1 is 1.35 bits per heavy atom. The molecule has 120 valence electrons. The van der Waals surface area contributed by atoms with Crippen LogP contribution in [0.5, 0.6) is 5.75 Å². The Morgan fingerprint density at radius 2 is 2.26 bits per heavy atom. The summed E-state index contributed by atoms with van der Waals surface area (Å²) in [5.74, 6) is 2.02. The minimum absolute atomic E-state index is 0.411. The van der Waals surface area contributed by atoms with Gasteiger partial charge < -0.3 is 9.15 Å². The van der Waals surface area contributed by atoms with Crippen molar-refractivity contribution in [3.63, 3.8) is 0 Å². The fraction of sp³-hybridized carbons (Fsp3) is 0.286. The molecular formula is C14H14ClN5O2S. The van der Waals surface area contributed by atoms with Crippen LogP contribution < -0.4 is 4.74 Å². The summed E-state index contributed by atoms with van der Waals surface area (Å²) in [7, 11) is 0. The van der Waals surface area contributed by atoms with E-state index < -0.39 is 0 Å². The van der Waals surface area contributed by atoms with Crippen molar-refractivity contribution >= 4 is 23.4 Å². The minimum atomic E-state index is 0.411. The SMILES string of the molecule is Cc1cc(Cl)ccc1OCCSc1nnc(Cn2cncn2)o1. The molecule has 2 heterocycles. The van der Waals surface area contributed by atoms with Gasteiger partial charge in [-0.05, 0) is 30.7 Å². The number of ether oxygens (including phenoxy) is 1. The zero-order valence-corrected chi connectivity index (χ0v) is 13.9. The molecule has 0 radical (unpaired) electrons. The Kier molecular flexibility index (Phi) is 5.14. The van der Waals surface area contributed by atoms with Crippen molar-refractivity contribution in [3.05, 3.63) is 47.3 Å². The second-order valence-corrected chi connectivity index (χ2v) is 6.14. The zero-order valence-electron chi connectivity index (χ0n) is 12.3. The maximum Gasteiger partial charge on any atom is 0.276 e. The van der Waals surface area contributed by atoms with Crippen LogP contribution in [0.3, 0.4) is 0 Å². The first-order valence-corrected chi connectivity index (χ1v) is 8.23. The topological polar surface area (TPSA) is 78.9 Å². The van der Waals surface area contributed by atoms with Gasteiger partial charge in [-0.15, -0.1) is 10.2 Å². The molecular weight excluding hydrogens is 338 g/mol. The Morgan fingerprint density at radius 3 is 3.04 bits per heavy atom. The van der Waals surface area contributed by atoms with Gasteiger partial charge in [0.25, 0.3) is 5.22 Å². The molecule has 0 atom stereocenters. The van der Waals surface area contributed by atoms with E-state index in [0.717, 1.165) is 11.3 Å². The summed E-state index contributed by atoms with van der Waals surface area (Å²) in [5.41, 5.74) is 1.01. The lowest BCUT2D eigenvalue weighted by Gasteiger charge is -2.08. The van der Waals surface area contributed by atoms with Crippen molar-refractivity contribution in [3.8, 4) is 5.75 Å². The van der Waals surface area contributed by atoms with E-state index in [2.05, 4.69) is 20.3 Å². The number of benzene rings is 1. The predicted molar refractivity (Wildman–Crippen MR) is 85.8 cm³/mol. The fourth-order valence-electron chi connectivity index (χ4n) is 1.87. The predicted octanol–water partition coefficient (Wildman–Crippen LogP) is 2.84. The molecule has 3 aromatic rings. The van der Waals surface area contributed by atoms with Gasteiger partial charge in [-0.3, -0.25) is 0 Å². The molecule has 0 unspecified atom stereocenters. The van der Waals surface area contributed by atoms with E-state index in [-0.39, 0.29) is 0 Å². The molecule has 0 bridgehead atoms. The van der Waals surface area contributed by atoms with Crippen LogP contribution in [0.1, 0.15) is 11.5 Å². The van der Waals surface area contributed by atoms with Gasteiger partial charge in [0.05, 0.1) is 6.61 Å². The maximum atomic E-state index is 5.91. The van der Waals surface area contributed by atoms with Gasteiger partial charge in [-0.2, -0.15) is 5.10 Å². The molecule has 0 saturated heterocycles. The molecule has 0 saturated carbocycles. The van der Waals surface area contributed by atoms with Crippen LogP contribution in [0.2, 0.25) is 5.02 Å². The highest BCUT2D eigenvalue weighted by molar-refractivity contribution is 7.99. The number of aromatic nitrogens is 5. The molecule has 0 aliphatic heterocycles. The van der Waals surface area contributed by atoms with Gasteiger partial charge in [-0.25, -0.2) is 9.67 Å². The minimum Gasteiger partial charge on any atom is -0.492 e. The van der Waals surface area contributed by atoms with Crippen molar-refractivity contribution in [2.75, 3.05) is 12.4 Å². The molecule has 0 spiro atoms. The Hall–Kier alpha value is -2.06. The van der Waals surface area contributed by atoms with Crippen molar-refractivity contribution in [1.82, 2.24) is 25.0 Å². The summed E-state index contributed by atoms with van der Waals surface area (Å²) >= 11 is 7.36. The summed E-state index contributed by atoms with van der Waals surface area (Å²) in [4.78, 5) is 3.86. The van der Waals surface area contributed by atoms with E-state index in [1.165, 1.54) is 18.1 Å². The first-order valence-electron chi connectivity index (χ1n) is 6.87. The summed E-state index contributed by atoms with van der Waals surface area (Å²) in [6.07, 6.45) is 3.06. The Labute approximate surface area is 142 Å². The van der Waals surface area contributed by atoms with Gasteiger partial charge in [0, 0.05) is 10.8 Å². The number of halogens is 1. The van der Waals surface area contributed by atoms with Crippen LogP contribution in [0.25, 0.3) is 0 Å².